The number of ether oxygens (including phenoxy) is 2. The number of carbonyl (C=O) groups excluding carboxylic acids is 2. The Morgan fingerprint density at radius 2 is 1.79 bits per heavy atom. The number of hydrogen-bond donors (Lipinski definition) is 1. The molecule has 3 aromatic rings. The molecule has 1 N–H and O–H groups in total. The van der Waals surface area contributed by atoms with Crippen LogP contribution in [-0.2, 0) is 9.53 Å². The molecule has 0 aliphatic rings. The number of fused-ring (bicyclic) bond motifs is 1. The lowest BCUT2D eigenvalue weighted by Crippen LogP contribution is -2.48. The number of halogens is 1. The second-order valence-electron chi connectivity index (χ2n) is 9.07. The predicted molar refractivity (Wildman–Crippen MR) is 131 cm³/mol. The van der Waals surface area contributed by atoms with Gasteiger partial charge in [0, 0.05) is 11.1 Å². The van der Waals surface area contributed by atoms with Gasteiger partial charge in [-0.3, -0.25) is 4.79 Å². The standard InChI is InChI=1S/C26H28ClNO6/c1-6-15(2)22(28-25(31)34-26(3,4)5)24(30)33-18-11-12-19-21(13-18)32-14-20(23(19)29)16-7-9-17(27)10-8-16/h7-15,22H,6H2,1-5H3,(H,28,31)/t15-,22+/m0/s1. The van der Waals surface area contributed by atoms with E-state index in [1.165, 1.54) is 18.4 Å². The minimum atomic E-state index is -0.908. The van der Waals surface area contributed by atoms with E-state index in [0.29, 0.717) is 28.0 Å². The first-order valence-corrected chi connectivity index (χ1v) is 11.4. The minimum absolute atomic E-state index is 0.194. The molecular formula is C26H28ClNO6. The molecule has 0 spiro atoms. The van der Waals surface area contributed by atoms with E-state index in [2.05, 4.69) is 5.32 Å². The normalized spacial score (nSPS) is 13.2. The van der Waals surface area contributed by atoms with Gasteiger partial charge in [-0.25, -0.2) is 9.59 Å². The van der Waals surface area contributed by atoms with Crippen LogP contribution in [0.2, 0.25) is 5.02 Å². The number of benzene rings is 2. The number of esters is 1. The molecule has 1 amide bonds. The van der Waals surface area contributed by atoms with Crippen LogP contribution in [0.5, 0.6) is 5.75 Å². The first-order chi connectivity index (χ1) is 16.0. The molecule has 0 saturated carbocycles. The molecule has 180 valence electrons. The van der Waals surface area contributed by atoms with Gasteiger partial charge in [-0.05, 0) is 56.5 Å². The molecule has 7 nitrogen and oxygen atoms in total. The Balaban J connectivity index is 1.83. The van der Waals surface area contributed by atoms with Gasteiger partial charge >= 0.3 is 12.1 Å². The zero-order valence-corrected chi connectivity index (χ0v) is 20.6. The molecule has 2 aromatic carbocycles. The van der Waals surface area contributed by atoms with Crippen LogP contribution in [0, 0.1) is 5.92 Å². The summed E-state index contributed by atoms with van der Waals surface area (Å²) in [4.78, 5) is 38.1. The summed E-state index contributed by atoms with van der Waals surface area (Å²) in [5.74, 6) is -0.640. The monoisotopic (exact) mass is 485 g/mol. The third kappa shape index (κ3) is 6.17. The van der Waals surface area contributed by atoms with Crippen LogP contribution in [0.4, 0.5) is 4.79 Å². The highest BCUT2D eigenvalue weighted by atomic mass is 35.5. The van der Waals surface area contributed by atoms with Crippen LogP contribution < -0.4 is 15.5 Å². The van der Waals surface area contributed by atoms with E-state index in [1.54, 1.807) is 51.1 Å². The molecule has 34 heavy (non-hydrogen) atoms. The highest BCUT2D eigenvalue weighted by Crippen LogP contribution is 2.25. The molecule has 0 radical (unpaired) electrons. The molecule has 0 bridgehead atoms. The first-order valence-electron chi connectivity index (χ1n) is 11.0. The Morgan fingerprint density at radius 3 is 2.41 bits per heavy atom. The molecule has 1 aromatic heterocycles. The first kappa shape index (κ1) is 25.3. The van der Waals surface area contributed by atoms with E-state index < -0.39 is 23.7 Å². The van der Waals surface area contributed by atoms with Gasteiger partial charge < -0.3 is 19.2 Å². The molecular weight excluding hydrogens is 458 g/mol. The van der Waals surface area contributed by atoms with Gasteiger partial charge in [0.15, 0.2) is 5.43 Å². The number of amides is 1. The predicted octanol–water partition coefficient (Wildman–Crippen LogP) is 5.96. The summed E-state index contributed by atoms with van der Waals surface area (Å²) in [6.45, 7) is 8.96. The van der Waals surface area contributed by atoms with Gasteiger partial charge in [0.1, 0.15) is 29.2 Å². The van der Waals surface area contributed by atoms with E-state index in [1.807, 2.05) is 13.8 Å². The number of hydrogen-bond acceptors (Lipinski definition) is 6. The van der Waals surface area contributed by atoms with Crippen LogP contribution in [-0.4, -0.2) is 23.7 Å². The molecule has 0 fully saturated rings. The summed E-state index contributed by atoms with van der Waals surface area (Å²) in [7, 11) is 0. The number of nitrogens with one attached hydrogen (secondary N) is 1. The lowest BCUT2D eigenvalue weighted by atomic mass is 9.99. The number of rotatable bonds is 6. The Kier molecular flexibility index (Phi) is 7.67. The highest BCUT2D eigenvalue weighted by molar-refractivity contribution is 6.30. The molecule has 0 saturated heterocycles. The zero-order valence-electron chi connectivity index (χ0n) is 19.8. The van der Waals surface area contributed by atoms with Gasteiger partial charge in [-0.2, -0.15) is 0 Å². The van der Waals surface area contributed by atoms with Gasteiger partial charge in [0.25, 0.3) is 0 Å². The number of alkyl carbamates (subject to hydrolysis) is 1. The van der Waals surface area contributed by atoms with Crippen molar-refractivity contribution in [3.8, 4) is 16.9 Å². The van der Waals surface area contributed by atoms with Crippen molar-refractivity contribution < 1.29 is 23.5 Å². The second-order valence-corrected chi connectivity index (χ2v) is 9.51. The van der Waals surface area contributed by atoms with Crippen LogP contribution in [0.1, 0.15) is 41.0 Å². The smallest absolute Gasteiger partial charge is 0.408 e. The van der Waals surface area contributed by atoms with Crippen LogP contribution >= 0.6 is 11.6 Å². The summed E-state index contributed by atoms with van der Waals surface area (Å²) in [5.41, 5.74) is 0.431. The largest absolute Gasteiger partial charge is 0.463 e. The van der Waals surface area contributed by atoms with Crippen molar-refractivity contribution in [1.29, 1.82) is 0 Å². The van der Waals surface area contributed by atoms with Gasteiger partial charge in [0.05, 0.1) is 10.9 Å². The molecule has 1 heterocycles. The van der Waals surface area contributed by atoms with Gasteiger partial charge in [-0.15, -0.1) is 0 Å². The molecule has 0 unspecified atom stereocenters. The van der Waals surface area contributed by atoms with Gasteiger partial charge in [0.2, 0.25) is 0 Å². The number of carbonyl (C=O) groups is 2. The zero-order chi connectivity index (χ0) is 25.0. The SMILES string of the molecule is CC[C@H](C)[C@@H](NC(=O)OC(C)(C)C)C(=O)Oc1ccc2c(=O)c(-c3ccc(Cl)cc3)coc2c1. The summed E-state index contributed by atoms with van der Waals surface area (Å²) in [6, 6.07) is 10.5. The molecule has 2 atom stereocenters. The third-order valence-electron chi connectivity index (χ3n) is 5.26. The Bertz CT molecular complexity index is 1240. The minimum Gasteiger partial charge on any atom is -0.463 e. The summed E-state index contributed by atoms with van der Waals surface area (Å²) in [6.07, 6.45) is 1.30. The van der Waals surface area contributed by atoms with Crippen molar-refractivity contribution in [3.05, 3.63) is 64.0 Å². The van der Waals surface area contributed by atoms with Crippen molar-refractivity contribution in [1.82, 2.24) is 5.32 Å². The van der Waals surface area contributed by atoms with E-state index in [9.17, 15) is 14.4 Å². The van der Waals surface area contributed by atoms with Crippen LogP contribution in [0.15, 0.2) is 57.9 Å². The molecule has 0 aliphatic heterocycles. The van der Waals surface area contributed by atoms with Crippen LogP contribution in [0.3, 0.4) is 0 Å². The topological polar surface area (TPSA) is 94.8 Å². The lowest BCUT2D eigenvalue weighted by molar-refractivity contribution is -0.138. The quantitative estimate of drug-likeness (QED) is 0.342. The van der Waals surface area contributed by atoms with E-state index in [4.69, 9.17) is 25.5 Å². The maximum Gasteiger partial charge on any atom is 0.408 e. The average molecular weight is 486 g/mol. The fourth-order valence-corrected chi connectivity index (χ4v) is 3.41. The van der Waals surface area contributed by atoms with Crippen molar-refractivity contribution in [2.24, 2.45) is 5.92 Å². The summed E-state index contributed by atoms with van der Waals surface area (Å²) in [5, 5.41) is 3.51. The average Bonchev–Trinajstić information content (AvgIpc) is 2.76. The van der Waals surface area contributed by atoms with Crippen molar-refractivity contribution in [2.45, 2.75) is 52.7 Å². The fourth-order valence-electron chi connectivity index (χ4n) is 3.28. The summed E-state index contributed by atoms with van der Waals surface area (Å²) >= 11 is 5.93. The fraction of sp³-hybridized carbons (Fsp3) is 0.346. The molecule has 0 aliphatic carbocycles. The molecule has 8 heteroatoms. The van der Waals surface area contributed by atoms with E-state index >= 15 is 0 Å². The van der Waals surface area contributed by atoms with E-state index in [-0.39, 0.29) is 22.7 Å². The maximum absolute atomic E-state index is 13.0. The van der Waals surface area contributed by atoms with Crippen molar-refractivity contribution in [3.63, 3.8) is 0 Å². The van der Waals surface area contributed by atoms with Crippen molar-refractivity contribution >= 4 is 34.6 Å². The Hall–Kier alpha value is -3.32. The Morgan fingerprint density at radius 1 is 1.12 bits per heavy atom. The van der Waals surface area contributed by atoms with E-state index in [0.717, 1.165) is 0 Å². The Labute approximate surface area is 203 Å². The molecule has 3 rings (SSSR count). The highest BCUT2D eigenvalue weighted by Gasteiger charge is 2.30. The maximum atomic E-state index is 13.0. The lowest BCUT2D eigenvalue weighted by Gasteiger charge is -2.25. The third-order valence-corrected chi connectivity index (χ3v) is 5.51. The summed E-state index contributed by atoms with van der Waals surface area (Å²) < 4.78 is 16.5. The second kappa shape index (κ2) is 10.3. The van der Waals surface area contributed by atoms with Crippen LogP contribution in [0.25, 0.3) is 22.1 Å². The van der Waals surface area contributed by atoms with Crippen molar-refractivity contribution in [2.75, 3.05) is 0 Å². The van der Waals surface area contributed by atoms with Gasteiger partial charge in [-0.1, -0.05) is 44.0 Å².